The summed E-state index contributed by atoms with van der Waals surface area (Å²) in [6.07, 6.45) is 2.50. The van der Waals surface area contributed by atoms with Crippen molar-refractivity contribution in [1.29, 1.82) is 0 Å². The van der Waals surface area contributed by atoms with E-state index in [1.165, 1.54) is 7.11 Å². The van der Waals surface area contributed by atoms with Crippen LogP contribution in [0.15, 0.2) is 42.5 Å². The van der Waals surface area contributed by atoms with Gasteiger partial charge in [-0.1, -0.05) is 42.5 Å². The average molecular weight is 220 g/mol. The van der Waals surface area contributed by atoms with Crippen LogP contribution in [0.2, 0.25) is 0 Å². The second kappa shape index (κ2) is 6.08. The Bertz CT molecular complexity index is 357. The molecule has 86 valence electrons. The van der Waals surface area contributed by atoms with E-state index >= 15 is 0 Å². The molecule has 0 aliphatic carbocycles. The predicted molar refractivity (Wildman–Crippen MR) is 61.7 cm³/mol. The molecular formula is C13H16O3. The molecule has 0 heterocycles. The van der Waals surface area contributed by atoms with Gasteiger partial charge < -0.3 is 9.84 Å². The van der Waals surface area contributed by atoms with Gasteiger partial charge in [-0.05, 0) is 12.5 Å². The van der Waals surface area contributed by atoms with Gasteiger partial charge in [0.05, 0.1) is 13.2 Å². The minimum absolute atomic E-state index is 0.436. The van der Waals surface area contributed by atoms with E-state index in [9.17, 15) is 9.90 Å². The van der Waals surface area contributed by atoms with E-state index in [1.807, 2.05) is 18.2 Å². The fourth-order valence-corrected chi connectivity index (χ4v) is 1.51. The average Bonchev–Trinajstić information content (AvgIpc) is 2.35. The summed E-state index contributed by atoms with van der Waals surface area (Å²) in [5.74, 6) is -1.09. The van der Waals surface area contributed by atoms with E-state index in [0.29, 0.717) is 5.56 Å². The zero-order chi connectivity index (χ0) is 12.0. The number of methoxy groups -OCH3 is 1. The summed E-state index contributed by atoms with van der Waals surface area (Å²) in [7, 11) is 1.32. The first-order valence-corrected chi connectivity index (χ1v) is 5.14. The number of hydrogen-bond acceptors (Lipinski definition) is 3. The van der Waals surface area contributed by atoms with Crippen LogP contribution in [0.5, 0.6) is 0 Å². The van der Waals surface area contributed by atoms with Gasteiger partial charge in [-0.2, -0.15) is 0 Å². The topological polar surface area (TPSA) is 46.5 Å². The predicted octanol–water partition coefficient (Wildman–Crippen LogP) is 2.09. The molecule has 0 spiro atoms. The summed E-state index contributed by atoms with van der Waals surface area (Å²) < 4.78 is 4.66. The van der Waals surface area contributed by atoms with Crippen molar-refractivity contribution in [1.82, 2.24) is 0 Å². The molecule has 0 aliphatic heterocycles. The molecule has 16 heavy (non-hydrogen) atoms. The largest absolute Gasteiger partial charge is 0.468 e. The number of carbonyl (C=O) groups is 1. The number of benzene rings is 1. The zero-order valence-corrected chi connectivity index (χ0v) is 9.46. The van der Waals surface area contributed by atoms with Crippen LogP contribution in [0, 0.1) is 5.92 Å². The lowest BCUT2D eigenvalue weighted by molar-refractivity contribution is -0.147. The number of aliphatic hydroxyl groups is 1. The third-order valence-electron chi connectivity index (χ3n) is 2.35. The molecule has 3 heteroatoms. The summed E-state index contributed by atoms with van der Waals surface area (Å²) in [6, 6.07) is 9.07. The Labute approximate surface area is 95.4 Å². The van der Waals surface area contributed by atoms with Crippen molar-refractivity contribution in [3.8, 4) is 0 Å². The van der Waals surface area contributed by atoms with Crippen LogP contribution in [-0.4, -0.2) is 18.2 Å². The summed E-state index contributed by atoms with van der Waals surface area (Å²) in [6.45, 7) is 1.80. The van der Waals surface area contributed by atoms with Gasteiger partial charge in [0.25, 0.3) is 0 Å². The quantitative estimate of drug-likeness (QED) is 0.624. The number of carbonyl (C=O) groups excluding carboxylic acids is 1. The number of rotatable bonds is 4. The molecule has 1 N–H and O–H groups in total. The summed E-state index contributed by atoms with van der Waals surface area (Å²) >= 11 is 0. The van der Waals surface area contributed by atoms with E-state index in [4.69, 9.17) is 0 Å². The molecule has 3 nitrogen and oxygen atoms in total. The molecule has 2 unspecified atom stereocenters. The highest BCUT2D eigenvalue weighted by Gasteiger charge is 2.25. The number of allylic oxidation sites excluding steroid dienone is 1. The second-order valence-electron chi connectivity index (χ2n) is 3.43. The summed E-state index contributed by atoms with van der Waals surface area (Å²) in [5.41, 5.74) is 0.705. The minimum atomic E-state index is -0.871. The van der Waals surface area contributed by atoms with Crippen LogP contribution < -0.4 is 0 Å². The van der Waals surface area contributed by atoms with Gasteiger partial charge in [0.1, 0.15) is 5.92 Å². The van der Waals surface area contributed by atoms with Gasteiger partial charge >= 0.3 is 5.97 Å². The molecule has 1 aromatic carbocycles. The molecule has 0 radical (unpaired) electrons. The van der Waals surface area contributed by atoms with E-state index in [1.54, 1.807) is 31.2 Å². The molecule has 0 aromatic heterocycles. The van der Waals surface area contributed by atoms with Crippen LogP contribution in [0.1, 0.15) is 18.6 Å². The van der Waals surface area contributed by atoms with Crippen LogP contribution in [0.4, 0.5) is 0 Å². The molecule has 0 saturated carbocycles. The van der Waals surface area contributed by atoms with Gasteiger partial charge in [0.2, 0.25) is 0 Å². The molecular weight excluding hydrogens is 204 g/mol. The van der Waals surface area contributed by atoms with Crippen molar-refractivity contribution < 1.29 is 14.6 Å². The lowest BCUT2D eigenvalue weighted by Crippen LogP contribution is -2.21. The number of esters is 1. The third-order valence-corrected chi connectivity index (χ3v) is 2.35. The molecule has 1 rings (SSSR count). The normalized spacial score (nSPS) is 14.7. The second-order valence-corrected chi connectivity index (χ2v) is 3.43. The molecule has 0 fully saturated rings. The van der Waals surface area contributed by atoms with E-state index in [-0.39, 0.29) is 0 Å². The van der Waals surface area contributed by atoms with Crippen LogP contribution in [0.25, 0.3) is 0 Å². The van der Waals surface area contributed by atoms with Gasteiger partial charge in [-0.25, -0.2) is 0 Å². The zero-order valence-electron chi connectivity index (χ0n) is 9.46. The standard InChI is InChI=1S/C13H16O3/c1-3-7-11(13(15)16-2)12(14)10-8-5-4-6-9-10/h3-9,11-12,14H,1-2H3/b7-3+. The summed E-state index contributed by atoms with van der Waals surface area (Å²) in [5, 5.41) is 10.1. The van der Waals surface area contributed by atoms with E-state index in [0.717, 1.165) is 0 Å². The van der Waals surface area contributed by atoms with Crippen LogP contribution in [-0.2, 0) is 9.53 Å². The Morgan fingerprint density at radius 2 is 2.00 bits per heavy atom. The Morgan fingerprint density at radius 1 is 1.38 bits per heavy atom. The molecule has 1 aromatic rings. The van der Waals surface area contributed by atoms with Crippen molar-refractivity contribution in [2.75, 3.05) is 7.11 Å². The Balaban J connectivity index is 2.91. The molecule has 0 amide bonds. The van der Waals surface area contributed by atoms with Crippen molar-refractivity contribution >= 4 is 5.97 Å². The van der Waals surface area contributed by atoms with Crippen molar-refractivity contribution in [3.05, 3.63) is 48.0 Å². The van der Waals surface area contributed by atoms with Crippen molar-refractivity contribution in [2.45, 2.75) is 13.0 Å². The van der Waals surface area contributed by atoms with Crippen molar-refractivity contribution in [2.24, 2.45) is 5.92 Å². The molecule has 2 atom stereocenters. The van der Waals surface area contributed by atoms with Crippen LogP contribution in [0.3, 0.4) is 0 Å². The fraction of sp³-hybridized carbons (Fsp3) is 0.308. The van der Waals surface area contributed by atoms with Gasteiger partial charge in [0, 0.05) is 0 Å². The summed E-state index contributed by atoms with van der Waals surface area (Å²) in [4.78, 5) is 11.5. The van der Waals surface area contributed by atoms with Gasteiger partial charge in [-0.3, -0.25) is 4.79 Å². The highest BCUT2D eigenvalue weighted by atomic mass is 16.5. The Morgan fingerprint density at radius 3 is 2.50 bits per heavy atom. The maximum Gasteiger partial charge on any atom is 0.315 e. The van der Waals surface area contributed by atoms with E-state index < -0.39 is 18.0 Å². The fourth-order valence-electron chi connectivity index (χ4n) is 1.51. The van der Waals surface area contributed by atoms with Crippen LogP contribution >= 0.6 is 0 Å². The number of ether oxygens (including phenoxy) is 1. The molecule has 0 aliphatic rings. The first-order chi connectivity index (χ1) is 7.70. The third kappa shape index (κ3) is 2.94. The monoisotopic (exact) mass is 220 g/mol. The highest BCUT2D eigenvalue weighted by Crippen LogP contribution is 2.24. The minimum Gasteiger partial charge on any atom is -0.468 e. The first-order valence-electron chi connectivity index (χ1n) is 5.14. The van der Waals surface area contributed by atoms with Gasteiger partial charge in [-0.15, -0.1) is 0 Å². The first kappa shape index (κ1) is 12.5. The van der Waals surface area contributed by atoms with E-state index in [2.05, 4.69) is 4.74 Å². The maximum absolute atomic E-state index is 11.5. The molecule has 0 bridgehead atoms. The van der Waals surface area contributed by atoms with Gasteiger partial charge in [0.15, 0.2) is 0 Å². The lowest BCUT2D eigenvalue weighted by Gasteiger charge is -2.17. The smallest absolute Gasteiger partial charge is 0.315 e. The Kier molecular flexibility index (Phi) is 4.73. The highest BCUT2D eigenvalue weighted by molar-refractivity contribution is 5.75. The Hall–Kier alpha value is -1.61. The SMILES string of the molecule is C/C=C/C(C(=O)OC)C(O)c1ccccc1. The lowest BCUT2D eigenvalue weighted by atomic mass is 9.95. The number of hydrogen-bond donors (Lipinski definition) is 1. The number of aliphatic hydroxyl groups excluding tert-OH is 1. The molecule has 0 saturated heterocycles. The maximum atomic E-state index is 11.5. The van der Waals surface area contributed by atoms with Crippen molar-refractivity contribution in [3.63, 3.8) is 0 Å².